The molecule has 19 heteroatoms. The second-order valence-electron chi connectivity index (χ2n) is 26.1. The number of unbranched alkanes of at least 4 members (excludes halogenated alkanes) is 43. The van der Waals surface area contributed by atoms with Crippen LogP contribution in [0.25, 0.3) is 0 Å². The first-order valence-electron chi connectivity index (χ1n) is 37.1. The molecule has 90 heavy (non-hydrogen) atoms. The van der Waals surface area contributed by atoms with Gasteiger partial charge in [0.1, 0.15) is 19.3 Å². The van der Waals surface area contributed by atoms with Crippen molar-refractivity contribution in [3.8, 4) is 0 Å². The molecule has 0 saturated carbocycles. The molecule has 0 aromatic heterocycles. The van der Waals surface area contributed by atoms with E-state index in [0.29, 0.717) is 31.6 Å². The zero-order valence-corrected chi connectivity index (χ0v) is 60.1. The van der Waals surface area contributed by atoms with Gasteiger partial charge in [-0.05, 0) is 31.6 Å². The third-order valence-corrected chi connectivity index (χ3v) is 18.4. The summed E-state index contributed by atoms with van der Waals surface area (Å²) in [5.74, 6) is -1.41. The van der Waals surface area contributed by atoms with E-state index in [4.69, 9.17) is 37.0 Å². The van der Waals surface area contributed by atoms with Crippen LogP contribution >= 0.6 is 15.6 Å². The number of hydrogen-bond acceptors (Lipinski definition) is 15. The molecule has 0 aliphatic heterocycles. The van der Waals surface area contributed by atoms with Crippen molar-refractivity contribution >= 4 is 39.5 Å². The summed E-state index contributed by atoms with van der Waals surface area (Å²) < 4.78 is 68.3. The first-order chi connectivity index (χ1) is 43.5. The Labute approximate surface area is 549 Å². The number of phosphoric ester groups is 2. The predicted octanol–water partition coefficient (Wildman–Crippen LogP) is 20.5. The summed E-state index contributed by atoms with van der Waals surface area (Å²) in [4.78, 5) is 72.6. The summed E-state index contributed by atoms with van der Waals surface area (Å²) in [6.07, 6.45) is 51.3. The normalized spacial score (nSPS) is 14.1. The van der Waals surface area contributed by atoms with Gasteiger partial charge in [0.15, 0.2) is 12.2 Å². The van der Waals surface area contributed by atoms with Gasteiger partial charge in [0.25, 0.3) is 0 Å². The highest BCUT2D eigenvalue weighted by Gasteiger charge is 2.30. The van der Waals surface area contributed by atoms with Gasteiger partial charge in [0.2, 0.25) is 0 Å². The van der Waals surface area contributed by atoms with Crippen LogP contribution < -0.4 is 0 Å². The Bertz CT molecular complexity index is 1740. The van der Waals surface area contributed by atoms with E-state index in [2.05, 4.69) is 34.6 Å². The zero-order valence-electron chi connectivity index (χ0n) is 58.3. The first-order valence-corrected chi connectivity index (χ1v) is 40.1. The number of rotatable bonds is 71. The lowest BCUT2D eigenvalue weighted by molar-refractivity contribution is -0.161. The number of ether oxygens (including phenoxy) is 4. The van der Waals surface area contributed by atoms with E-state index < -0.39 is 97.5 Å². The zero-order chi connectivity index (χ0) is 66.3. The Kier molecular flexibility index (Phi) is 63.0. The molecule has 2 unspecified atom stereocenters. The molecule has 0 saturated heterocycles. The number of aliphatic hydroxyl groups is 1. The smallest absolute Gasteiger partial charge is 0.462 e. The SMILES string of the molecule is CCCCCCCCCCCCCCCCCCC(=O)O[C@H](COC(=O)CCCCCCCCCCCCCC)COP(=O)(O)OC[C@@H](O)COP(=O)(O)OC[C@@H](COC(=O)CCCCCCCCCC(C)C)OC(=O)CCCCCCCCCCCCCC. The third kappa shape index (κ3) is 64.8. The fraction of sp³-hybridized carbons (Fsp3) is 0.944. The highest BCUT2D eigenvalue weighted by atomic mass is 31.2. The summed E-state index contributed by atoms with van der Waals surface area (Å²) >= 11 is 0. The summed E-state index contributed by atoms with van der Waals surface area (Å²) in [5.41, 5.74) is 0. The minimum atomic E-state index is -4.95. The van der Waals surface area contributed by atoms with E-state index in [9.17, 15) is 43.2 Å². The van der Waals surface area contributed by atoms with E-state index in [1.165, 1.54) is 186 Å². The number of esters is 4. The van der Waals surface area contributed by atoms with Gasteiger partial charge in [0, 0.05) is 25.7 Å². The Balaban J connectivity index is 5.24. The molecule has 0 aliphatic rings. The predicted molar refractivity (Wildman–Crippen MR) is 363 cm³/mol. The highest BCUT2D eigenvalue weighted by molar-refractivity contribution is 7.47. The molecule has 3 N–H and O–H groups in total. The lowest BCUT2D eigenvalue weighted by Gasteiger charge is -2.21. The van der Waals surface area contributed by atoms with E-state index in [1.54, 1.807) is 0 Å². The second kappa shape index (κ2) is 64.4. The number of carbonyl (C=O) groups is 4. The van der Waals surface area contributed by atoms with Crippen molar-refractivity contribution in [1.82, 2.24) is 0 Å². The molecule has 17 nitrogen and oxygen atoms in total. The van der Waals surface area contributed by atoms with Gasteiger partial charge >= 0.3 is 39.5 Å². The van der Waals surface area contributed by atoms with Crippen LogP contribution in [0.2, 0.25) is 0 Å². The van der Waals surface area contributed by atoms with E-state index >= 15 is 0 Å². The van der Waals surface area contributed by atoms with Crippen molar-refractivity contribution in [3.05, 3.63) is 0 Å². The van der Waals surface area contributed by atoms with Crippen LogP contribution in [0.5, 0.6) is 0 Å². The van der Waals surface area contributed by atoms with E-state index in [0.717, 1.165) is 96.3 Å². The molecule has 0 rings (SSSR count). The van der Waals surface area contributed by atoms with Gasteiger partial charge in [-0.15, -0.1) is 0 Å². The van der Waals surface area contributed by atoms with E-state index in [1.807, 2.05) is 0 Å². The van der Waals surface area contributed by atoms with Crippen LogP contribution in [0.1, 0.15) is 369 Å². The van der Waals surface area contributed by atoms with Crippen molar-refractivity contribution in [1.29, 1.82) is 0 Å². The fourth-order valence-corrected chi connectivity index (χ4v) is 12.4. The molecule has 5 atom stereocenters. The van der Waals surface area contributed by atoms with E-state index in [-0.39, 0.29) is 25.7 Å². The maximum atomic E-state index is 13.0. The maximum absolute atomic E-state index is 13.0. The molecule has 0 aliphatic carbocycles. The van der Waals surface area contributed by atoms with Crippen LogP contribution in [-0.2, 0) is 65.4 Å². The first kappa shape index (κ1) is 88.1. The van der Waals surface area contributed by atoms with Gasteiger partial charge in [-0.2, -0.15) is 0 Å². The van der Waals surface area contributed by atoms with Crippen molar-refractivity contribution < 1.29 is 80.2 Å². The Morgan fingerprint density at radius 2 is 0.511 bits per heavy atom. The molecule has 534 valence electrons. The Morgan fingerprint density at radius 3 is 0.756 bits per heavy atom. The van der Waals surface area contributed by atoms with Crippen LogP contribution in [0.3, 0.4) is 0 Å². The monoisotopic (exact) mass is 1320 g/mol. The van der Waals surface area contributed by atoms with Crippen molar-refractivity contribution in [2.24, 2.45) is 5.92 Å². The summed E-state index contributed by atoms with van der Waals surface area (Å²) in [6, 6.07) is 0. The van der Waals surface area contributed by atoms with Crippen LogP contribution in [-0.4, -0.2) is 96.7 Å². The number of aliphatic hydroxyl groups excluding tert-OH is 1. The topological polar surface area (TPSA) is 237 Å². The molecule has 0 radical (unpaired) electrons. The molecular weight excluding hydrogens is 1190 g/mol. The molecule has 0 aromatic rings. The standard InChI is InChI=1S/C71H138O17P2/c1-6-9-12-15-18-21-24-27-28-29-30-33-36-41-47-52-57-71(76)87-66(60-81-68(73)54-49-44-39-34-31-25-22-19-16-13-10-7-2)62-85-89(77,78)83-58-65(72)59-84-90(79,80)86-63-67(61-82-69(74)55-50-45-42-37-38-43-48-53-64(4)5)88-70(75)56-51-46-40-35-32-26-23-20-17-14-11-8-3/h64-67,72H,6-63H2,1-5H3,(H,77,78)(H,79,80)/t65-,66-,67-/m1/s1. The quantitative estimate of drug-likeness (QED) is 0.0222. The largest absolute Gasteiger partial charge is 0.472 e. The molecule has 0 fully saturated rings. The lowest BCUT2D eigenvalue weighted by Crippen LogP contribution is -2.30. The summed E-state index contributed by atoms with van der Waals surface area (Å²) in [6.45, 7) is 7.20. The minimum absolute atomic E-state index is 0.107. The number of phosphoric acid groups is 2. The third-order valence-electron chi connectivity index (χ3n) is 16.5. The molecule has 0 heterocycles. The van der Waals surface area contributed by atoms with Crippen molar-refractivity contribution in [2.45, 2.75) is 387 Å². The lowest BCUT2D eigenvalue weighted by atomic mass is 10.0. The molecular formula is C71H138O17P2. The van der Waals surface area contributed by atoms with Crippen molar-refractivity contribution in [3.63, 3.8) is 0 Å². The summed E-state index contributed by atoms with van der Waals surface area (Å²) in [7, 11) is -9.90. The van der Waals surface area contributed by atoms with Crippen LogP contribution in [0.4, 0.5) is 0 Å². The Hall–Kier alpha value is -1.94. The number of carbonyl (C=O) groups excluding carboxylic acids is 4. The molecule has 0 amide bonds. The summed E-state index contributed by atoms with van der Waals surface area (Å²) in [5, 5.41) is 10.6. The van der Waals surface area contributed by atoms with Gasteiger partial charge in [-0.3, -0.25) is 37.3 Å². The molecule has 0 bridgehead atoms. The van der Waals surface area contributed by atoms with Gasteiger partial charge < -0.3 is 33.8 Å². The van der Waals surface area contributed by atoms with Crippen LogP contribution in [0, 0.1) is 5.92 Å². The van der Waals surface area contributed by atoms with Gasteiger partial charge in [-0.1, -0.05) is 317 Å². The van der Waals surface area contributed by atoms with Crippen LogP contribution in [0.15, 0.2) is 0 Å². The fourth-order valence-electron chi connectivity index (χ4n) is 10.8. The highest BCUT2D eigenvalue weighted by Crippen LogP contribution is 2.45. The average molecular weight is 1330 g/mol. The minimum Gasteiger partial charge on any atom is -0.462 e. The van der Waals surface area contributed by atoms with Gasteiger partial charge in [0.05, 0.1) is 26.4 Å². The maximum Gasteiger partial charge on any atom is 0.472 e. The number of hydrogen-bond donors (Lipinski definition) is 3. The molecule has 0 spiro atoms. The average Bonchev–Trinajstić information content (AvgIpc) is 3.04. The van der Waals surface area contributed by atoms with Gasteiger partial charge in [-0.25, -0.2) is 9.13 Å². The molecule has 0 aromatic carbocycles. The second-order valence-corrected chi connectivity index (χ2v) is 29.0. The Morgan fingerprint density at radius 1 is 0.300 bits per heavy atom. The van der Waals surface area contributed by atoms with Crippen molar-refractivity contribution in [2.75, 3.05) is 39.6 Å².